The van der Waals surface area contributed by atoms with Crippen LogP contribution >= 0.6 is 0 Å². The Kier molecular flexibility index (Phi) is 4.81. The van der Waals surface area contributed by atoms with Gasteiger partial charge < -0.3 is 4.74 Å². The zero-order chi connectivity index (χ0) is 12.0. The van der Waals surface area contributed by atoms with Crippen molar-refractivity contribution in [3.63, 3.8) is 0 Å². The lowest BCUT2D eigenvalue weighted by atomic mass is 10.1. The average molecular weight is 218 g/mol. The highest BCUT2D eigenvalue weighted by molar-refractivity contribution is 5.37. The summed E-state index contributed by atoms with van der Waals surface area (Å²) in [6, 6.07) is 8.16. The maximum absolute atomic E-state index is 8.66. The number of nitriles is 1. The highest BCUT2D eigenvalue weighted by Gasteiger charge is 2.03. The van der Waals surface area contributed by atoms with Crippen molar-refractivity contribution in [3.8, 4) is 11.8 Å². The van der Waals surface area contributed by atoms with Gasteiger partial charge in [-0.1, -0.05) is 19.1 Å². The molecule has 0 bridgehead atoms. The Morgan fingerprint density at radius 2 is 2.25 bits per heavy atom. The number of rotatable bonds is 5. The van der Waals surface area contributed by atoms with Crippen molar-refractivity contribution in [2.45, 2.75) is 32.9 Å². The van der Waals surface area contributed by atoms with Gasteiger partial charge in [0.1, 0.15) is 5.75 Å². The Bertz CT molecular complexity index is 382. The normalized spacial score (nSPS) is 11.9. The number of nitrogens with one attached hydrogen (secondary N) is 1. The molecule has 1 N–H and O–H groups in total. The molecule has 1 unspecified atom stereocenters. The van der Waals surface area contributed by atoms with Crippen LogP contribution in [0.5, 0.6) is 5.75 Å². The van der Waals surface area contributed by atoms with Gasteiger partial charge >= 0.3 is 0 Å². The molecule has 0 saturated carbocycles. The average Bonchev–Trinajstić information content (AvgIpc) is 2.35. The lowest BCUT2D eigenvalue weighted by Crippen LogP contribution is -2.23. The van der Waals surface area contributed by atoms with Crippen LogP contribution in [-0.4, -0.2) is 13.2 Å². The van der Waals surface area contributed by atoms with Gasteiger partial charge in [0.2, 0.25) is 0 Å². The van der Waals surface area contributed by atoms with E-state index in [-0.39, 0.29) is 6.04 Å². The van der Waals surface area contributed by atoms with Gasteiger partial charge in [0.25, 0.3) is 0 Å². The molecule has 0 amide bonds. The van der Waals surface area contributed by atoms with Crippen LogP contribution in [0.4, 0.5) is 0 Å². The van der Waals surface area contributed by atoms with Gasteiger partial charge in [-0.2, -0.15) is 5.26 Å². The molecule has 0 aromatic heterocycles. The van der Waals surface area contributed by atoms with Crippen LogP contribution in [0.15, 0.2) is 18.2 Å². The second kappa shape index (κ2) is 6.14. The standard InChI is InChI=1S/C13H18N2O/c1-4-12-7-11(5-6-13(12)16-3)9-15-10(2)8-14/h5-7,10,15H,4,9H2,1-3H3. The first-order chi connectivity index (χ1) is 7.71. The molecule has 0 fully saturated rings. The van der Waals surface area contributed by atoms with Crippen LogP contribution < -0.4 is 10.1 Å². The van der Waals surface area contributed by atoms with E-state index in [0.29, 0.717) is 6.54 Å². The highest BCUT2D eigenvalue weighted by Crippen LogP contribution is 2.20. The van der Waals surface area contributed by atoms with Crippen molar-refractivity contribution in [1.82, 2.24) is 5.32 Å². The van der Waals surface area contributed by atoms with E-state index in [1.807, 2.05) is 19.1 Å². The zero-order valence-corrected chi connectivity index (χ0v) is 10.1. The van der Waals surface area contributed by atoms with Gasteiger partial charge in [-0.25, -0.2) is 0 Å². The predicted molar refractivity (Wildman–Crippen MR) is 64.3 cm³/mol. The van der Waals surface area contributed by atoms with E-state index in [4.69, 9.17) is 10.00 Å². The molecule has 1 aromatic carbocycles. The van der Waals surface area contributed by atoms with E-state index in [2.05, 4.69) is 24.4 Å². The summed E-state index contributed by atoms with van der Waals surface area (Å²) in [4.78, 5) is 0. The van der Waals surface area contributed by atoms with Gasteiger partial charge in [0, 0.05) is 6.54 Å². The summed E-state index contributed by atoms with van der Waals surface area (Å²) in [5.74, 6) is 0.930. The smallest absolute Gasteiger partial charge is 0.122 e. The molecule has 16 heavy (non-hydrogen) atoms. The highest BCUT2D eigenvalue weighted by atomic mass is 16.5. The maximum atomic E-state index is 8.66. The Labute approximate surface area is 97.0 Å². The molecule has 1 aromatic rings. The number of nitrogens with zero attached hydrogens (tertiary/aromatic N) is 1. The van der Waals surface area contributed by atoms with Crippen molar-refractivity contribution in [1.29, 1.82) is 5.26 Å². The molecular formula is C13H18N2O. The molecule has 3 heteroatoms. The van der Waals surface area contributed by atoms with Gasteiger partial charge in [-0.3, -0.25) is 5.32 Å². The lowest BCUT2D eigenvalue weighted by molar-refractivity contribution is 0.410. The molecule has 0 aliphatic heterocycles. The fourth-order valence-electron chi connectivity index (χ4n) is 1.53. The molecule has 3 nitrogen and oxygen atoms in total. The molecule has 0 radical (unpaired) electrons. The fraction of sp³-hybridized carbons (Fsp3) is 0.462. The quantitative estimate of drug-likeness (QED) is 0.824. The summed E-state index contributed by atoms with van der Waals surface area (Å²) in [6.45, 7) is 4.67. The van der Waals surface area contributed by atoms with Crippen molar-refractivity contribution >= 4 is 0 Å². The Hall–Kier alpha value is -1.53. The molecule has 0 heterocycles. The Morgan fingerprint density at radius 1 is 1.50 bits per heavy atom. The summed E-state index contributed by atoms with van der Waals surface area (Å²) in [5.41, 5.74) is 2.38. The predicted octanol–water partition coefficient (Wildman–Crippen LogP) is 2.26. The van der Waals surface area contributed by atoms with Gasteiger partial charge in [-0.05, 0) is 30.5 Å². The Balaban J connectivity index is 2.72. The Morgan fingerprint density at radius 3 is 2.81 bits per heavy atom. The third kappa shape index (κ3) is 3.25. The number of ether oxygens (including phenoxy) is 1. The SMILES string of the molecule is CCc1cc(CNC(C)C#N)ccc1OC. The van der Waals surface area contributed by atoms with Gasteiger partial charge in [-0.15, -0.1) is 0 Å². The maximum Gasteiger partial charge on any atom is 0.122 e. The number of aryl methyl sites for hydroxylation is 1. The van der Waals surface area contributed by atoms with E-state index in [1.165, 1.54) is 11.1 Å². The summed E-state index contributed by atoms with van der Waals surface area (Å²) in [6.07, 6.45) is 0.949. The molecule has 0 aliphatic rings. The van der Waals surface area contributed by atoms with Crippen molar-refractivity contribution < 1.29 is 4.74 Å². The minimum absolute atomic E-state index is 0.118. The molecule has 1 atom stereocenters. The van der Waals surface area contributed by atoms with Gasteiger partial charge in [0.05, 0.1) is 19.2 Å². The van der Waals surface area contributed by atoms with Crippen LogP contribution in [-0.2, 0) is 13.0 Å². The zero-order valence-electron chi connectivity index (χ0n) is 10.1. The molecule has 0 spiro atoms. The summed E-state index contributed by atoms with van der Waals surface area (Å²) < 4.78 is 5.27. The number of hydrogen-bond acceptors (Lipinski definition) is 3. The van der Waals surface area contributed by atoms with E-state index >= 15 is 0 Å². The monoisotopic (exact) mass is 218 g/mol. The first kappa shape index (κ1) is 12.5. The van der Waals surface area contributed by atoms with Crippen LogP contribution in [0.1, 0.15) is 25.0 Å². The van der Waals surface area contributed by atoms with Crippen molar-refractivity contribution in [2.24, 2.45) is 0 Å². The topological polar surface area (TPSA) is 45.0 Å². The number of methoxy groups -OCH3 is 1. The third-order valence-electron chi connectivity index (χ3n) is 2.53. The van der Waals surface area contributed by atoms with E-state index in [1.54, 1.807) is 7.11 Å². The van der Waals surface area contributed by atoms with Crippen LogP contribution in [0, 0.1) is 11.3 Å². The van der Waals surface area contributed by atoms with Crippen molar-refractivity contribution in [3.05, 3.63) is 29.3 Å². The van der Waals surface area contributed by atoms with Gasteiger partial charge in [0.15, 0.2) is 0 Å². The third-order valence-corrected chi connectivity index (χ3v) is 2.53. The first-order valence-electron chi connectivity index (χ1n) is 5.50. The fourth-order valence-corrected chi connectivity index (χ4v) is 1.53. The molecule has 0 saturated heterocycles. The molecule has 1 rings (SSSR count). The van der Waals surface area contributed by atoms with E-state index < -0.39 is 0 Å². The summed E-state index contributed by atoms with van der Waals surface area (Å²) in [5, 5.41) is 11.8. The molecular weight excluding hydrogens is 200 g/mol. The number of benzene rings is 1. The lowest BCUT2D eigenvalue weighted by Gasteiger charge is -2.10. The minimum atomic E-state index is -0.118. The van der Waals surface area contributed by atoms with Crippen LogP contribution in [0.3, 0.4) is 0 Å². The van der Waals surface area contributed by atoms with E-state index in [9.17, 15) is 0 Å². The van der Waals surface area contributed by atoms with Crippen LogP contribution in [0.2, 0.25) is 0 Å². The summed E-state index contributed by atoms with van der Waals surface area (Å²) >= 11 is 0. The van der Waals surface area contributed by atoms with Crippen molar-refractivity contribution in [2.75, 3.05) is 7.11 Å². The van der Waals surface area contributed by atoms with Crippen LogP contribution in [0.25, 0.3) is 0 Å². The first-order valence-corrected chi connectivity index (χ1v) is 5.50. The molecule has 86 valence electrons. The van der Waals surface area contributed by atoms with E-state index in [0.717, 1.165) is 12.2 Å². The second-order valence-corrected chi connectivity index (χ2v) is 3.73. The molecule has 0 aliphatic carbocycles. The number of hydrogen-bond donors (Lipinski definition) is 1. The summed E-state index contributed by atoms with van der Waals surface area (Å²) in [7, 11) is 1.68. The minimum Gasteiger partial charge on any atom is -0.496 e. The largest absolute Gasteiger partial charge is 0.496 e. The second-order valence-electron chi connectivity index (χ2n) is 3.73.